The Morgan fingerprint density at radius 2 is 2.05 bits per heavy atom. The monoisotopic (exact) mass is 350 g/mol. The third kappa shape index (κ3) is 3.10. The number of amides is 1. The van der Waals surface area contributed by atoms with E-state index in [-0.39, 0.29) is 11.9 Å². The van der Waals surface area contributed by atoms with Crippen LogP contribution in [-0.2, 0) is 0 Å². The Balaban J connectivity index is 2.29. The number of benzene rings is 1. The molecule has 6 heteroatoms. The van der Waals surface area contributed by atoms with Gasteiger partial charge in [0, 0.05) is 21.8 Å². The Morgan fingerprint density at radius 3 is 2.57 bits per heavy atom. The van der Waals surface area contributed by atoms with Gasteiger partial charge in [0.1, 0.15) is 0 Å². The summed E-state index contributed by atoms with van der Waals surface area (Å²) in [7, 11) is 0. The van der Waals surface area contributed by atoms with E-state index in [9.17, 15) is 4.79 Å². The molecule has 0 bridgehead atoms. The van der Waals surface area contributed by atoms with Crippen molar-refractivity contribution in [2.24, 2.45) is 0 Å². The molecular weight excluding hydrogens is 332 g/mol. The molecular formula is C15H19BrN4O. The Kier molecular flexibility index (Phi) is 4.37. The molecule has 0 radical (unpaired) electrons. The van der Waals surface area contributed by atoms with Gasteiger partial charge in [-0.1, -0.05) is 0 Å². The van der Waals surface area contributed by atoms with E-state index in [0.717, 1.165) is 21.5 Å². The summed E-state index contributed by atoms with van der Waals surface area (Å²) >= 11 is 3.32. The Labute approximate surface area is 132 Å². The van der Waals surface area contributed by atoms with Crippen molar-refractivity contribution >= 4 is 33.2 Å². The third-order valence-electron chi connectivity index (χ3n) is 3.31. The van der Waals surface area contributed by atoms with Gasteiger partial charge in [-0.15, -0.1) is 0 Å². The number of nitrogen functional groups attached to an aromatic ring is 1. The lowest BCUT2D eigenvalue weighted by molar-refractivity contribution is 0.102. The minimum Gasteiger partial charge on any atom is -0.398 e. The highest BCUT2D eigenvalue weighted by Gasteiger charge is 2.16. The smallest absolute Gasteiger partial charge is 0.255 e. The number of hydrogen-bond acceptors (Lipinski definition) is 3. The number of nitrogens with two attached hydrogens (primary N) is 1. The van der Waals surface area contributed by atoms with E-state index >= 15 is 0 Å². The van der Waals surface area contributed by atoms with Gasteiger partial charge in [0.2, 0.25) is 0 Å². The van der Waals surface area contributed by atoms with Crippen molar-refractivity contribution in [1.82, 2.24) is 9.78 Å². The fourth-order valence-electron chi connectivity index (χ4n) is 2.22. The number of aryl methyl sites for hydroxylation is 1. The molecule has 0 aliphatic heterocycles. The molecule has 1 aromatic carbocycles. The molecule has 1 heterocycles. The molecule has 2 rings (SSSR count). The van der Waals surface area contributed by atoms with Crippen LogP contribution in [0, 0.1) is 13.8 Å². The van der Waals surface area contributed by atoms with E-state index in [2.05, 4.69) is 40.2 Å². The highest BCUT2D eigenvalue weighted by Crippen LogP contribution is 2.24. The second-order valence-electron chi connectivity index (χ2n) is 5.27. The molecule has 0 saturated carbocycles. The molecule has 0 fully saturated rings. The van der Waals surface area contributed by atoms with Gasteiger partial charge < -0.3 is 11.1 Å². The number of nitrogens with one attached hydrogen (secondary N) is 1. The molecule has 0 unspecified atom stereocenters. The number of nitrogens with zero attached hydrogens (tertiary/aromatic N) is 2. The molecule has 112 valence electrons. The third-order valence-corrected chi connectivity index (χ3v) is 4.03. The zero-order valence-corrected chi connectivity index (χ0v) is 14.2. The summed E-state index contributed by atoms with van der Waals surface area (Å²) in [6.45, 7) is 7.95. The molecule has 5 nitrogen and oxygen atoms in total. The topological polar surface area (TPSA) is 72.9 Å². The first-order valence-electron chi connectivity index (χ1n) is 6.73. The van der Waals surface area contributed by atoms with Gasteiger partial charge in [-0.2, -0.15) is 5.10 Å². The maximum absolute atomic E-state index is 12.3. The van der Waals surface area contributed by atoms with Crippen LogP contribution in [0.15, 0.2) is 22.7 Å². The number of carbonyl (C=O) groups is 1. The van der Waals surface area contributed by atoms with Crippen LogP contribution in [0.5, 0.6) is 0 Å². The normalized spacial score (nSPS) is 11.0. The van der Waals surface area contributed by atoms with Crippen molar-refractivity contribution in [3.05, 3.63) is 39.6 Å². The zero-order valence-electron chi connectivity index (χ0n) is 12.6. The lowest BCUT2D eigenvalue weighted by Gasteiger charge is -2.10. The van der Waals surface area contributed by atoms with Crippen LogP contribution in [0.3, 0.4) is 0 Å². The molecule has 0 aliphatic rings. The van der Waals surface area contributed by atoms with E-state index in [4.69, 9.17) is 5.73 Å². The summed E-state index contributed by atoms with van der Waals surface area (Å²) in [6, 6.07) is 5.39. The largest absolute Gasteiger partial charge is 0.398 e. The molecule has 21 heavy (non-hydrogen) atoms. The number of carbonyl (C=O) groups excluding carboxylic acids is 1. The molecule has 1 amide bonds. The van der Waals surface area contributed by atoms with E-state index < -0.39 is 0 Å². The predicted molar refractivity (Wildman–Crippen MR) is 88.6 cm³/mol. The second kappa shape index (κ2) is 5.89. The van der Waals surface area contributed by atoms with Crippen molar-refractivity contribution in [1.29, 1.82) is 0 Å². The number of hydrogen-bond donors (Lipinski definition) is 2. The van der Waals surface area contributed by atoms with Crippen LogP contribution in [0.25, 0.3) is 0 Å². The molecule has 0 atom stereocenters. The Hall–Kier alpha value is -1.82. The van der Waals surface area contributed by atoms with Crippen LogP contribution in [-0.4, -0.2) is 15.7 Å². The van der Waals surface area contributed by atoms with Gasteiger partial charge in [0.05, 0.1) is 17.1 Å². The SMILES string of the molecule is Cc1nn(C(C)C)c(C)c1NC(=O)c1ccc(Br)c(N)c1. The summed E-state index contributed by atoms with van der Waals surface area (Å²) in [4.78, 5) is 12.3. The van der Waals surface area contributed by atoms with Crippen molar-refractivity contribution < 1.29 is 4.79 Å². The zero-order chi connectivity index (χ0) is 15.7. The van der Waals surface area contributed by atoms with Crippen LogP contribution >= 0.6 is 15.9 Å². The summed E-state index contributed by atoms with van der Waals surface area (Å²) in [6.07, 6.45) is 0. The van der Waals surface area contributed by atoms with Crippen molar-refractivity contribution in [2.75, 3.05) is 11.1 Å². The summed E-state index contributed by atoms with van der Waals surface area (Å²) < 4.78 is 2.68. The first kappa shape index (κ1) is 15.6. The molecule has 0 saturated heterocycles. The summed E-state index contributed by atoms with van der Waals surface area (Å²) in [5.41, 5.74) is 9.38. The van der Waals surface area contributed by atoms with E-state index in [1.807, 2.05) is 18.5 Å². The maximum atomic E-state index is 12.3. The van der Waals surface area contributed by atoms with Crippen LogP contribution < -0.4 is 11.1 Å². The number of anilines is 2. The Bertz CT molecular complexity index is 691. The van der Waals surface area contributed by atoms with Gasteiger partial charge in [-0.3, -0.25) is 9.48 Å². The average Bonchev–Trinajstić information content (AvgIpc) is 2.70. The Morgan fingerprint density at radius 1 is 1.38 bits per heavy atom. The number of rotatable bonds is 3. The van der Waals surface area contributed by atoms with Gasteiger partial charge in [-0.25, -0.2) is 0 Å². The average molecular weight is 351 g/mol. The van der Waals surface area contributed by atoms with Gasteiger partial charge in [0.15, 0.2) is 0 Å². The van der Waals surface area contributed by atoms with Crippen molar-refractivity contribution in [3.63, 3.8) is 0 Å². The lowest BCUT2D eigenvalue weighted by Crippen LogP contribution is -2.14. The van der Waals surface area contributed by atoms with Crippen LogP contribution in [0.2, 0.25) is 0 Å². The van der Waals surface area contributed by atoms with Gasteiger partial charge >= 0.3 is 0 Å². The quantitative estimate of drug-likeness (QED) is 0.829. The standard InChI is InChI=1S/C15H19BrN4O/c1-8(2)20-10(4)14(9(3)19-20)18-15(21)11-5-6-12(16)13(17)7-11/h5-8H,17H2,1-4H3,(H,18,21). The van der Waals surface area contributed by atoms with E-state index in [1.165, 1.54) is 0 Å². The van der Waals surface area contributed by atoms with Gasteiger partial charge in [-0.05, 0) is 61.8 Å². The minimum atomic E-state index is -0.191. The second-order valence-corrected chi connectivity index (χ2v) is 6.13. The van der Waals surface area contributed by atoms with Crippen LogP contribution in [0.4, 0.5) is 11.4 Å². The minimum absolute atomic E-state index is 0.191. The fraction of sp³-hybridized carbons (Fsp3) is 0.333. The van der Waals surface area contributed by atoms with Crippen molar-refractivity contribution in [3.8, 4) is 0 Å². The first-order chi connectivity index (χ1) is 9.81. The molecule has 0 aliphatic carbocycles. The highest BCUT2D eigenvalue weighted by molar-refractivity contribution is 9.10. The molecule has 1 aromatic heterocycles. The molecule has 2 aromatic rings. The summed E-state index contributed by atoms with van der Waals surface area (Å²) in [5.74, 6) is -0.191. The molecule has 0 spiro atoms. The van der Waals surface area contributed by atoms with E-state index in [1.54, 1.807) is 18.2 Å². The van der Waals surface area contributed by atoms with Crippen LogP contribution in [0.1, 0.15) is 41.6 Å². The fourth-order valence-corrected chi connectivity index (χ4v) is 2.46. The maximum Gasteiger partial charge on any atom is 0.255 e. The highest BCUT2D eigenvalue weighted by atomic mass is 79.9. The first-order valence-corrected chi connectivity index (χ1v) is 7.52. The lowest BCUT2D eigenvalue weighted by atomic mass is 10.2. The number of halogens is 1. The van der Waals surface area contributed by atoms with Crippen molar-refractivity contribution in [2.45, 2.75) is 33.7 Å². The summed E-state index contributed by atoms with van der Waals surface area (Å²) in [5, 5.41) is 7.38. The number of aromatic nitrogens is 2. The predicted octanol–water partition coefficient (Wildman–Crippen LogP) is 3.68. The molecule has 3 N–H and O–H groups in total. The van der Waals surface area contributed by atoms with Gasteiger partial charge in [0.25, 0.3) is 5.91 Å². The van der Waals surface area contributed by atoms with E-state index in [0.29, 0.717) is 11.3 Å².